The lowest BCUT2D eigenvalue weighted by Crippen LogP contribution is -2.30. The average molecular weight is 494 g/mol. The molecule has 0 aliphatic heterocycles. The van der Waals surface area contributed by atoms with Crippen LogP contribution in [0.3, 0.4) is 0 Å². The molecule has 2 aromatic carbocycles. The predicted molar refractivity (Wildman–Crippen MR) is 128 cm³/mol. The van der Waals surface area contributed by atoms with Crippen molar-refractivity contribution in [2.45, 2.75) is 33.1 Å². The highest BCUT2D eigenvalue weighted by atomic mass is 79.9. The van der Waals surface area contributed by atoms with Crippen molar-refractivity contribution in [2.75, 3.05) is 11.4 Å². The van der Waals surface area contributed by atoms with Crippen LogP contribution in [0.15, 0.2) is 68.6 Å². The summed E-state index contributed by atoms with van der Waals surface area (Å²) in [7, 11) is 0. The summed E-state index contributed by atoms with van der Waals surface area (Å²) in [5.41, 5.74) is 6.33. The Morgan fingerprint density at radius 2 is 1.81 bits per heavy atom. The molecule has 1 N–H and O–H groups in total. The fourth-order valence-corrected chi connectivity index (χ4v) is 4.21. The predicted octanol–water partition coefficient (Wildman–Crippen LogP) is 5.49. The number of hydrogen-bond acceptors (Lipinski definition) is 4. The number of rotatable bonds is 5. The van der Waals surface area contributed by atoms with E-state index in [1.54, 1.807) is 17.0 Å². The van der Waals surface area contributed by atoms with Gasteiger partial charge < -0.3 is 9.32 Å². The van der Waals surface area contributed by atoms with Crippen molar-refractivity contribution >= 4 is 39.1 Å². The van der Waals surface area contributed by atoms with Crippen molar-refractivity contribution in [3.8, 4) is 0 Å². The molecule has 3 aromatic rings. The molecule has 1 aromatic heterocycles. The van der Waals surface area contributed by atoms with Crippen LogP contribution in [0.1, 0.15) is 57.6 Å². The highest BCUT2D eigenvalue weighted by Crippen LogP contribution is 2.31. The fourth-order valence-electron chi connectivity index (χ4n) is 3.94. The number of nitrogens with one attached hydrogen (secondary N) is 1. The Morgan fingerprint density at radius 1 is 1.09 bits per heavy atom. The van der Waals surface area contributed by atoms with E-state index in [0.717, 1.165) is 45.6 Å². The second-order valence-corrected chi connectivity index (χ2v) is 8.51. The number of nitrogens with zero attached hydrogens (tertiary/aromatic N) is 2. The summed E-state index contributed by atoms with van der Waals surface area (Å²) >= 11 is 3.37. The summed E-state index contributed by atoms with van der Waals surface area (Å²) in [6.07, 6.45) is 2.29. The molecule has 0 spiro atoms. The first-order valence-corrected chi connectivity index (χ1v) is 11.4. The molecule has 1 heterocycles. The second-order valence-electron chi connectivity index (χ2n) is 7.60. The van der Waals surface area contributed by atoms with Gasteiger partial charge in [-0.25, -0.2) is 5.43 Å². The molecule has 0 fully saturated rings. The van der Waals surface area contributed by atoms with Gasteiger partial charge in [0.25, 0.3) is 11.8 Å². The normalized spacial score (nSPS) is 14.2. The SMILES string of the molecule is CCN(C(=O)c1oc2c(c1C)/C(=N/NC(=O)c1ccc(Br)cc1)CCC2)c1ccccc1. The second kappa shape index (κ2) is 9.53. The van der Waals surface area contributed by atoms with Gasteiger partial charge in [0, 0.05) is 39.8 Å². The van der Waals surface area contributed by atoms with Crippen LogP contribution in [0, 0.1) is 6.92 Å². The van der Waals surface area contributed by atoms with Crippen LogP contribution in [0.5, 0.6) is 0 Å². The lowest BCUT2D eigenvalue weighted by Gasteiger charge is -2.20. The van der Waals surface area contributed by atoms with E-state index >= 15 is 0 Å². The van der Waals surface area contributed by atoms with Gasteiger partial charge in [-0.05, 0) is 63.1 Å². The van der Waals surface area contributed by atoms with Crippen molar-refractivity contribution in [2.24, 2.45) is 5.10 Å². The third-order valence-electron chi connectivity index (χ3n) is 5.55. The van der Waals surface area contributed by atoms with Crippen LogP contribution in [0.25, 0.3) is 0 Å². The summed E-state index contributed by atoms with van der Waals surface area (Å²) in [5, 5.41) is 4.40. The third kappa shape index (κ3) is 4.39. The summed E-state index contributed by atoms with van der Waals surface area (Å²) in [4.78, 5) is 27.5. The zero-order valence-corrected chi connectivity index (χ0v) is 19.6. The number of para-hydroxylation sites is 1. The number of hydrazone groups is 1. The van der Waals surface area contributed by atoms with Crippen LogP contribution in [0.4, 0.5) is 5.69 Å². The number of carbonyl (C=O) groups is 2. The maximum Gasteiger partial charge on any atom is 0.294 e. The zero-order chi connectivity index (χ0) is 22.7. The minimum Gasteiger partial charge on any atom is -0.455 e. The third-order valence-corrected chi connectivity index (χ3v) is 6.08. The standard InChI is InChI=1S/C25H24BrN3O3/c1-3-29(19-8-5-4-6-9-19)25(31)23-16(2)22-20(10-7-11-21(22)32-23)27-28-24(30)17-12-14-18(26)15-13-17/h4-6,8-9,12-15H,3,7,10-11H2,1-2H3,(H,28,30)/b27-20+. The Labute approximate surface area is 195 Å². The van der Waals surface area contributed by atoms with Gasteiger partial charge in [0.15, 0.2) is 5.76 Å². The number of aryl methyl sites for hydroxylation is 1. The molecule has 4 rings (SSSR count). The molecule has 164 valence electrons. The first-order valence-electron chi connectivity index (χ1n) is 10.6. The Bertz CT molecular complexity index is 1170. The van der Waals surface area contributed by atoms with Crippen LogP contribution in [0.2, 0.25) is 0 Å². The maximum absolute atomic E-state index is 13.3. The molecule has 0 bridgehead atoms. The fraction of sp³-hybridized carbons (Fsp3) is 0.240. The number of benzene rings is 2. The van der Waals surface area contributed by atoms with Crippen molar-refractivity contribution in [3.05, 3.63) is 87.3 Å². The van der Waals surface area contributed by atoms with Crippen LogP contribution >= 0.6 is 15.9 Å². The molecular weight excluding hydrogens is 470 g/mol. The van der Waals surface area contributed by atoms with Gasteiger partial charge in [0.05, 0.1) is 5.71 Å². The lowest BCUT2D eigenvalue weighted by molar-refractivity contribution is 0.0949. The summed E-state index contributed by atoms with van der Waals surface area (Å²) in [6.45, 7) is 4.34. The summed E-state index contributed by atoms with van der Waals surface area (Å²) < 4.78 is 6.95. The Morgan fingerprint density at radius 3 is 2.50 bits per heavy atom. The highest BCUT2D eigenvalue weighted by molar-refractivity contribution is 9.10. The quantitative estimate of drug-likeness (QED) is 0.477. The number of halogens is 1. The van der Waals surface area contributed by atoms with Gasteiger partial charge in [0.1, 0.15) is 5.76 Å². The van der Waals surface area contributed by atoms with E-state index in [-0.39, 0.29) is 11.8 Å². The maximum atomic E-state index is 13.3. The molecule has 0 saturated carbocycles. The molecule has 2 amide bonds. The van der Waals surface area contributed by atoms with Gasteiger partial charge >= 0.3 is 0 Å². The number of anilines is 1. The monoisotopic (exact) mass is 493 g/mol. The van der Waals surface area contributed by atoms with E-state index in [1.807, 2.05) is 56.3 Å². The van der Waals surface area contributed by atoms with Crippen molar-refractivity contribution in [3.63, 3.8) is 0 Å². The highest BCUT2D eigenvalue weighted by Gasteiger charge is 2.30. The molecule has 7 heteroatoms. The van der Waals surface area contributed by atoms with Crippen molar-refractivity contribution in [1.82, 2.24) is 5.43 Å². The van der Waals surface area contributed by atoms with E-state index < -0.39 is 0 Å². The van der Waals surface area contributed by atoms with Crippen molar-refractivity contribution < 1.29 is 14.0 Å². The van der Waals surface area contributed by atoms with Crippen LogP contribution < -0.4 is 10.3 Å². The van der Waals surface area contributed by atoms with E-state index in [2.05, 4.69) is 26.5 Å². The molecule has 0 unspecified atom stereocenters. The molecule has 0 atom stereocenters. The smallest absolute Gasteiger partial charge is 0.294 e. The first-order chi connectivity index (χ1) is 15.5. The van der Waals surface area contributed by atoms with E-state index in [4.69, 9.17) is 4.42 Å². The number of amides is 2. The van der Waals surface area contributed by atoms with E-state index in [9.17, 15) is 9.59 Å². The van der Waals surface area contributed by atoms with Gasteiger partial charge in [-0.2, -0.15) is 5.10 Å². The van der Waals surface area contributed by atoms with Crippen LogP contribution in [-0.2, 0) is 6.42 Å². The molecule has 0 saturated heterocycles. The Balaban J connectivity index is 1.61. The summed E-state index contributed by atoms with van der Waals surface area (Å²) in [6, 6.07) is 16.6. The zero-order valence-electron chi connectivity index (χ0n) is 18.0. The molecule has 32 heavy (non-hydrogen) atoms. The molecule has 1 aliphatic rings. The minimum absolute atomic E-state index is 0.177. The minimum atomic E-state index is -0.282. The van der Waals surface area contributed by atoms with E-state index in [1.165, 1.54) is 0 Å². The largest absolute Gasteiger partial charge is 0.455 e. The number of hydrogen-bond donors (Lipinski definition) is 1. The average Bonchev–Trinajstić information content (AvgIpc) is 3.16. The molecule has 0 radical (unpaired) electrons. The Hall–Kier alpha value is -3.19. The van der Waals surface area contributed by atoms with Crippen LogP contribution in [-0.4, -0.2) is 24.1 Å². The molecular formula is C25H24BrN3O3. The van der Waals surface area contributed by atoms with Gasteiger partial charge in [0.2, 0.25) is 0 Å². The number of fused-ring (bicyclic) bond motifs is 1. The number of furan rings is 1. The molecule has 1 aliphatic carbocycles. The summed E-state index contributed by atoms with van der Waals surface area (Å²) in [5.74, 6) is 0.618. The Kier molecular flexibility index (Phi) is 6.55. The first kappa shape index (κ1) is 22.0. The topological polar surface area (TPSA) is 74.9 Å². The van der Waals surface area contributed by atoms with Gasteiger partial charge in [-0.15, -0.1) is 0 Å². The molecule has 6 nitrogen and oxygen atoms in total. The van der Waals surface area contributed by atoms with Gasteiger partial charge in [-0.1, -0.05) is 34.1 Å². The van der Waals surface area contributed by atoms with E-state index in [0.29, 0.717) is 24.3 Å². The van der Waals surface area contributed by atoms with Crippen molar-refractivity contribution in [1.29, 1.82) is 0 Å². The lowest BCUT2D eigenvalue weighted by atomic mass is 9.93. The van der Waals surface area contributed by atoms with Gasteiger partial charge in [-0.3, -0.25) is 9.59 Å². The number of carbonyl (C=O) groups excluding carboxylic acids is 2.